The van der Waals surface area contributed by atoms with Crippen molar-refractivity contribution in [2.45, 2.75) is 25.3 Å². The number of carbonyl (C=O) groups excluding carboxylic acids is 3. The highest BCUT2D eigenvalue weighted by Gasteiger charge is 2.37. The molecule has 2 aliphatic heterocycles. The van der Waals surface area contributed by atoms with Gasteiger partial charge in [0.15, 0.2) is 0 Å². The molecular weight excluding hydrogens is 350 g/mol. The van der Waals surface area contributed by atoms with E-state index in [-0.39, 0.29) is 28.8 Å². The third-order valence-electron chi connectivity index (χ3n) is 5.29. The fourth-order valence-electron chi connectivity index (χ4n) is 3.93. The van der Waals surface area contributed by atoms with Gasteiger partial charge in [-0.3, -0.25) is 19.3 Å². The lowest BCUT2D eigenvalue weighted by Gasteiger charge is -2.35. The van der Waals surface area contributed by atoms with E-state index in [2.05, 4.69) is 6.07 Å². The fraction of sp³-hybridized carbons (Fsp3) is 0.421. The number of aromatic nitrogens is 1. The molecule has 0 bridgehead atoms. The second kappa shape index (κ2) is 6.79. The number of benzene rings is 1. The molecule has 0 spiro atoms. The van der Waals surface area contributed by atoms with Gasteiger partial charge in [0.05, 0.1) is 12.2 Å². The van der Waals surface area contributed by atoms with Crippen LogP contribution in [0.4, 0.5) is 4.79 Å². The molecule has 2 saturated heterocycles. The largest absolute Gasteiger partial charge is 0.350 e. The Bertz CT molecular complexity index is 867. The second-order valence-corrected chi connectivity index (χ2v) is 7.82. The highest BCUT2D eigenvalue weighted by Crippen LogP contribution is 2.27. The van der Waals surface area contributed by atoms with Gasteiger partial charge in [-0.25, -0.2) is 0 Å². The van der Waals surface area contributed by atoms with Gasteiger partial charge < -0.3 is 9.47 Å². The summed E-state index contributed by atoms with van der Waals surface area (Å²) in [6, 6.07) is 8.03. The molecule has 2 aliphatic rings. The predicted octanol–water partition coefficient (Wildman–Crippen LogP) is 2.41. The standard InChI is InChI=1S/C19H21N3O3S/c1-20-11-13(15-4-2-3-5-16(15)20)10-17(23)21-8-6-14(7-9-21)22-18(24)12-26-19(22)25/h2-5,11,14H,6-10,12H2,1H3. The first kappa shape index (κ1) is 17.1. The number of hydrogen-bond acceptors (Lipinski definition) is 4. The van der Waals surface area contributed by atoms with Gasteiger partial charge in [-0.15, -0.1) is 0 Å². The molecule has 7 heteroatoms. The maximum absolute atomic E-state index is 12.7. The maximum Gasteiger partial charge on any atom is 0.289 e. The number of carbonyl (C=O) groups is 3. The van der Waals surface area contributed by atoms with Crippen molar-refractivity contribution < 1.29 is 14.4 Å². The van der Waals surface area contributed by atoms with Crippen molar-refractivity contribution in [1.29, 1.82) is 0 Å². The monoisotopic (exact) mass is 371 g/mol. The van der Waals surface area contributed by atoms with E-state index in [4.69, 9.17) is 0 Å². The lowest BCUT2D eigenvalue weighted by molar-refractivity contribution is -0.132. The van der Waals surface area contributed by atoms with E-state index < -0.39 is 0 Å². The van der Waals surface area contributed by atoms with Crippen molar-refractivity contribution in [3.63, 3.8) is 0 Å². The van der Waals surface area contributed by atoms with Gasteiger partial charge in [-0.1, -0.05) is 30.0 Å². The number of hydrogen-bond donors (Lipinski definition) is 0. The second-order valence-electron chi connectivity index (χ2n) is 6.89. The summed E-state index contributed by atoms with van der Waals surface area (Å²) in [6.07, 6.45) is 3.73. The molecule has 2 aromatic rings. The minimum Gasteiger partial charge on any atom is -0.350 e. The molecule has 136 valence electrons. The zero-order valence-corrected chi connectivity index (χ0v) is 15.5. The normalized spacial score (nSPS) is 19.0. The highest BCUT2D eigenvalue weighted by atomic mass is 32.2. The number of amides is 3. The van der Waals surface area contributed by atoms with E-state index in [0.29, 0.717) is 32.4 Å². The first-order valence-corrected chi connectivity index (χ1v) is 9.82. The van der Waals surface area contributed by atoms with Crippen LogP contribution in [-0.2, 0) is 23.1 Å². The Balaban J connectivity index is 1.41. The molecule has 3 amide bonds. The number of para-hydroxylation sites is 1. The van der Waals surface area contributed by atoms with Gasteiger partial charge in [-0.2, -0.15) is 0 Å². The molecule has 0 radical (unpaired) electrons. The quantitative estimate of drug-likeness (QED) is 0.831. The number of imide groups is 1. The van der Waals surface area contributed by atoms with E-state index >= 15 is 0 Å². The van der Waals surface area contributed by atoms with Gasteiger partial charge in [0, 0.05) is 43.3 Å². The molecule has 0 unspecified atom stereocenters. The fourth-order valence-corrected chi connectivity index (χ4v) is 4.71. The molecule has 0 N–H and O–H groups in total. The number of nitrogens with zero attached hydrogens (tertiary/aromatic N) is 3. The van der Waals surface area contributed by atoms with Gasteiger partial charge in [-0.05, 0) is 24.5 Å². The first-order chi connectivity index (χ1) is 12.5. The summed E-state index contributed by atoms with van der Waals surface area (Å²) in [5.74, 6) is 0.257. The first-order valence-electron chi connectivity index (χ1n) is 8.84. The van der Waals surface area contributed by atoms with Crippen molar-refractivity contribution in [2.75, 3.05) is 18.8 Å². The van der Waals surface area contributed by atoms with Crippen LogP contribution in [-0.4, -0.2) is 56.3 Å². The Morgan fingerprint density at radius 2 is 1.92 bits per heavy atom. The average molecular weight is 371 g/mol. The van der Waals surface area contributed by atoms with Crippen LogP contribution in [0.3, 0.4) is 0 Å². The third-order valence-corrected chi connectivity index (χ3v) is 6.12. The minimum absolute atomic E-state index is 0.0633. The molecule has 0 aliphatic carbocycles. The van der Waals surface area contributed by atoms with E-state index in [1.807, 2.05) is 40.9 Å². The molecule has 2 fully saturated rings. The van der Waals surface area contributed by atoms with Gasteiger partial charge in [0.25, 0.3) is 5.24 Å². The van der Waals surface area contributed by atoms with Crippen LogP contribution in [0.2, 0.25) is 0 Å². The van der Waals surface area contributed by atoms with Gasteiger partial charge in [0.1, 0.15) is 0 Å². The molecule has 6 nitrogen and oxygen atoms in total. The van der Waals surface area contributed by atoms with Gasteiger partial charge >= 0.3 is 0 Å². The molecular formula is C19H21N3O3S. The smallest absolute Gasteiger partial charge is 0.289 e. The number of aryl methyl sites for hydroxylation is 1. The summed E-state index contributed by atoms with van der Waals surface area (Å²) in [7, 11) is 1.99. The maximum atomic E-state index is 12.7. The topological polar surface area (TPSA) is 62.6 Å². The van der Waals surface area contributed by atoms with Gasteiger partial charge in [0.2, 0.25) is 11.8 Å². The number of rotatable bonds is 3. The summed E-state index contributed by atoms with van der Waals surface area (Å²) in [5.41, 5.74) is 2.16. The molecule has 3 heterocycles. The number of likely N-dealkylation sites (tertiary alicyclic amines) is 1. The third kappa shape index (κ3) is 3.00. The predicted molar refractivity (Wildman–Crippen MR) is 101 cm³/mol. The van der Waals surface area contributed by atoms with E-state index in [9.17, 15) is 14.4 Å². The van der Waals surface area contributed by atoms with E-state index in [0.717, 1.165) is 28.2 Å². The van der Waals surface area contributed by atoms with Crippen LogP contribution in [0.1, 0.15) is 18.4 Å². The molecule has 1 aromatic carbocycles. The number of piperidine rings is 1. The van der Waals surface area contributed by atoms with Crippen LogP contribution in [0, 0.1) is 0 Å². The summed E-state index contributed by atoms with van der Waals surface area (Å²) in [6.45, 7) is 1.19. The Hall–Kier alpha value is -2.28. The van der Waals surface area contributed by atoms with E-state index in [1.165, 1.54) is 4.90 Å². The minimum atomic E-state index is -0.143. The van der Waals surface area contributed by atoms with Crippen LogP contribution in [0.25, 0.3) is 10.9 Å². The zero-order chi connectivity index (χ0) is 18.3. The number of thioether (sulfide) groups is 1. The summed E-state index contributed by atoms with van der Waals surface area (Å²) >= 11 is 1.07. The van der Waals surface area contributed by atoms with Crippen molar-refractivity contribution in [3.05, 3.63) is 36.0 Å². The highest BCUT2D eigenvalue weighted by molar-refractivity contribution is 8.14. The lowest BCUT2D eigenvalue weighted by Crippen LogP contribution is -2.48. The van der Waals surface area contributed by atoms with Crippen molar-refractivity contribution in [1.82, 2.24) is 14.4 Å². The molecule has 1 aromatic heterocycles. The van der Waals surface area contributed by atoms with Crippen LogP contribution in [0.15, 0.2) is 30.5 Å². The zero-order valence-electron chi connectivity index (χ0n) is 14.7. The summed E-state index contributed by atoms with van der Waals surface area (Å²) < 4.78 is 2.05. The Kier molecular flexibility index (Phi) is 4.48. The van der Waals surface area contributed by atoms with Crippen molar-refractivity contribution in [3.8, 4) is 0 Å². The van der Waals surface area contributed by atoms with Crippen molar-refractivity contribution >= 4 is 39.7 Å². The molecule has 4 rings (SSSR count). The average Bonchev–Trinajstić information content (AvgIpc) is 3.15. The van der Waals surface area contributed by atoms with Crippen LogP contribution in [0.5, 0.6) is 0 Å². The summed E-state index contributed by atoms with van der Waals surface area (Å²) in [4.78, 5) is 39.7. The SMILES string of the molecule is Cn1cc(CC(=O)N2CCC(N3C(=O)CSC3=O)CC2)c2ccccc21. The molecule has 0 atom stereocenters. The molecule has 0 saturated carbocycles. The van der Waals surface area contributed by atoms with E-state index in [1.54, 1.807) is 0 Å². The lowest BCUT2D eigenvalue weighted by atomic mass is 10.0. The Morgan fingerprint density at radius 3 is 2.62 bits per heavy atom. The molecule has 26 heavy (non-hydrogen) atoms. The summed E-state index contributed by atoms with van der Waals surface area (Å²) in [5, 5.41) is 0.971. The van der Waals surface area contributed by atoms with Crippen molar-refractivity contribution in [2.24, 2.45) is 7.05 Å². The number of fused-ring (bicyclic) bond motifs is 1. The van der Waals surface area contributed by atoms with Crippen LogP contribution >= 0.6 is 11.8 Å². The Labute approximate surface area is 156 Å². The van der Waals surface area contributed by atoms with Crippen LogP contribution < -0.4 is 0 Å². The Morgan fingerprint density at radius 1 is 1.19 bits per heavy atom.